The van der Waals surface area contributed by atoms with E-state index in [-0.39, 0.29) is 10.7 Å². The normalized spacial score (nSPS) is 11.1. The van der Waals surface area contributed by atoms with Gasteiger partial charge in [-0.1, -0.05) is 11.6 Å². The molecular weight excluding hydrogens is 329 g/mol. The highest BCUT2D eigenvalue weighted by Crippen LogP contribution is 2.36. The number of nitro groups is 1. The Morgan fingerprint density at radius 1 is 1.45 bits per heavy atom. The van der Waals surface area contributed by atoms with Gasteiger partial charge < -0.3 is 0 Å². The third-order valence-electron chi connectivity index (χ3n) is 2.56. The van der Waals surface area contributed by atoms with Crippen molar-refractivity contribution in [2.75, 3.05) is 0 Å². The minimum atomic E-state index is -4.64. The van der Waals surface area contributed by atoms with Crippen molar-refractivity contribution < 1.29 is 18.1 Å². The van der Waals surface area contributed by atoms with Crippen LogP contribution in [0.1, 0.15) is 5.56 Å². The molecule has 0 amide bonds. The number of nitrogens with zero attached hydrogens (tertiary/aromatic N) is 6. The SMILES string of the molecule is [N-]=[N+]=Nc1c([N+](=O)[O-])cnn1-c1cc(C(F)(F)F)ccc1Cl. The van der Waals surface area contributed by atoms with E-state index in [1.165, 1.54) is 0 Å². The molecule has 0 N–H and O–H groups in total. The first kappa shape index (κ1) is 15.6. The first-order valence-corrected chi connectivity index (χ1v) is 5.78. The highest BCUT2D eigenvalue weighted by molar-refractivity contribution is 6.32. The molecule has 0 aliphatic rings. The Kier molecular flexibility index (Phi) is 3.93. The zero-order chi connectivity index (χ0) is 16.5. The second kappa shape index (κ2) is 5.54. The summed E-state index contributed by atoms with van der Waals surface area (Å²) in [5.41, 5.74) is 6.46. The van der Waals surface area contributed by atoms with Gasteiger partial charge in [0.15, 0.2) is 0 Å². The van der Waals surface area contributed by atoms with E-state index in [4.69, 9.17) is 17.1 Å². The summed E-state index contributed by atoms with van der Waals surface area (Å²) < 4.78 is 38.9. The van der Waals surface area contributed by atoms with Crippen LogP contribution in [-0.4, -0.2) is 14.7 Å². The maximum Gasteiger partial charge on any atom is 0.416 e. The van der Waals surface area contributed by atoms with Crippen LogP contribution in [0.3, 0.4) is 0 Å². The van der Waals surface area contributed by atoms with Crippen LogP contribution in [0.2, 0.25) is 5.02 Å². The average molecular weight is 333 g/mol. The highest BCUT2D eigenvalue weighted by Gasteiger charge is 2.32. The topological polar surface area (TPSA) is 110 Å². The van der Waals surface area contributed by atoms with Gasteiger partial charge in [-0.2, -0.15) is 18.3 Å². The summed E-state index contributed by atoms with van der Waals surface area (Å²) in [6.45, 7) is 0. The summed E-state index contributed by atoms with van der Waals surface area (Å²) in [6, 6.07) is 2.36. The Hall–Kier alpha value is -2.78. The van der Waals surface area contributed by atoms with Gasteiger partial charge in [-0.15, -0.1) is 0 Å². The monoisotopic (exact) mass is 332 g/mol. The number of aromatic nitrogens is 2. The molecule has 0 atom stereocenters. The maximum atomic E-state index is 12.7. The van der Waals surface area contributed by atoms with Crippen LogP contribution >= 0.6 is 11.6 Å². The number of halogens is 4. The molecule has 12 heteroatoms. The van der Waals surface area contributed by atoms with Crippen molar-refractivity contribution in [2.45, 2.75) is 6.18 Å². The van der Waals surface area contributed by atoms with E-state index in [1.807, 2.05) is 0 Å². The van der Waals surface area contributed by atoms with E-state index in [0.717, 1.165) is 18.3 Å². The van der Waals surface area contributed by atoms with Gasteiger partial charge in [0.05, 0.1) is 21.2 Å². The largest absolute Gasteiger partial charge is 0.416 e. The fourth-order valence-corrected chi connectivity index (χ4v) is 1.82. The van der Waals surface area contributed by atoms with Gasteiger partial charge in [0.25, 0.3) is 0 Å². The van der Waals surface area contributed by atoms with Gasteiger partial charge in [0, 0.05) is 4.91 Å². The molecule has 0 spiro atoms. The minimum absolute atomic E-state index is 0.152. The molecule has 0 saturated carbocycles. The Morgan fingerprint density at radius 2 is 2.14 bits per heavy atom. The minimum Gasteiger partial charge on any atom is -0.258 e. The molecule has 8 nitrogen and oxygen atoms in total. The fourth-order valence-electron chi connectivity index (χ4n) is 1.63. The predicted molar refractivity (Wildman–Crippen MR) is 69.0 cm³/mol. The maximum absolute atomic E-state index is 12.7. The number of hydrogen-bond acceptors (Lipinski definition) is 4. The molecule has 0 saturated heterocycles. The van der Waals surface area contributed by atoms with Crippen LogP contribution in [-0.2, 0) is 6.18 Å². The summed E-state index contributed by atoms with van der Waals surface area (Å²) in [5, 5.41) is 17.3. The molecule has 0 fully saturated rings. The van der Waals surface area contributed by atoms with E-state index in [2.05, 4.69) is 15.1 Å². The molecule has 22 heavy (non-hydrogen) atoms. The van der Waals surface area contributed by atoms with Gasteiger partial charge >= 0.3 is 11.9 Å². The predicted octanol–water partition coefficient (Wildman–Crippen LogP) is 4.39. The zero-order valence-electron chi connectivity index (χ0n) is 10.3. The lowest BCUT2D eigenvalue weighted by molar-refractivity contribution is -0.384. The Bertz CT molecular complexity index is 796. The lowest BCUT2D eigenvalue weighted by Gasteiger charge is -2.11. The molecule has 2 rings (SSSR count). The van der Waals surface area contributed by atoms with Crippen LogP contribution in [0.15, 0.2) is 29.5 Å². The second-order valence-corrected chi connectivity index (χ2v) is 4.28. The molecule has 0 aliphatic heterocycles. The van der Waals surface area contributed by atoms with Crippen molar-refractivity contribution in [3.8, 4) is 5.69 Å². The van der Waals surface area contributed by atoms with E-state index in [1.54, 1.807) is 0 Å². The van der Waals surface area contributed by atoms with Crippen molar-refractivity contribution in [3.63, 3.8) is 0 Å². The van der Waals surface area contributed by atoms with Crippen molar-refractivity contribution in [2.24, 2.45) is 5.11 Å². The average Bonchev–Trinajstić information content (AvgIpc) is 2.82. The van der Waals surface area contributed by atoms with E-state index < -0.39 is 28.2 Å². The highest BCUT2D eigenvalue weighted by atomic mass is 35.5. The van der Waals surface area contributed by atoms with Gasteiger partial charge in [-0.25, -0.2) is 4.68 Å². The lowest BCUT2D eigenvalue weighted by atomic mass is 10.2. The molecule has 0 bridgehead atoms. The number of rotatable bonds is 3. The second-order valence-electron chi connectivity index (χ2n) is 3.88. The summed E-state index contributed by atoms with van der Waals surface area (Å²) in [6.07, 6.45) is -3.89. The summed E-state index contributed by atoms with van der Waals surface area (Å²) in [5.74, 6) is -0.575. The molecule has 1 aromatic heterocycles. The van der Waals surface area contributed by atoms with Crippen LogP contribution in [0.5, 0.6) is 0 Å². The van der Waals surface area contributed by atoms with Crippen molar-refractivity contribution >= 4 is 23.1 Å². The fraction of sp³-hybridized carbons (Fsp3) is 0.100. The van der Waals surface area contributed by atoms with Crippen molar-refractivity contribution in [3.05, 3.63) is 55.5 Å². The molecule has 1 heterocycles. The first-order valence-electron chi connectivity index (χ1n) is 5.40. The third-order valence-corrected chi connectivity index (χ3v) is 2.88. The molecular formula is C10H4ClF3N6O2. The van der Waals surface area contributed by atoms with E-state index in [9.17, 15) is 23.3 Å². The zero-order valence-corrected chi connectivity index (χ0v) is 11.1. The lowest BCUT2D eigenvalue weighted by Crippen LogP contribution is -2.07. The van der Waals surface area contributed by atoms with Crippen LogP contribution in [0.25, 0.3) is 16.1 Å². The smallest absolute Gasteiger partial charge is 0.258 e. The standard InChI is InChI=1S/C10H4ClF3N6O2/c11-6-2-1-5(10(12,13)14)3-7(6)19-9(17-18-15)8(4-16-19)20(21)22/h1-4H. The summed E-state index contributed by atoms with van der Waals surface area (Å²) >= 11 is 5.81. The van der Waals surface area contributed by atoms with Crippen LogP contribution < -0.4 is 0 Å². The number of alkyl halides is 3. The van der Waals surface area contributed by atoms with Gasteiger partial charge in [-0.05, 0) is 28.8 Å². The van der Waals surface area contributed by atoms with Crippen LogP contribution in [0, 0.1) is 10.1 Å². The van der Waals surface area contributed by atoms with Crippen LogP contribution in [0.4, 0.5) is 24.7 Å². The van der Waals surface area contributed by atoms with E-state index >= 15 is 0 Å². The molecule has 0 aliphatic carbocycles. The number of hydrogen-bond donors (Lipinski definition) is 0. The molecule has 0 radical (unpaired) electrons. The first-order chi connectivity index (χ1) is 10.3. The third kappa shape index (κ3) is 2.80. The molecule has 0 unspecified atom stereocenters. The quantitative estimate of drug-likeness (QED) is 0.273. The number of benzene rings is 1. The Morgan fingerprint density at radius 3 is 2.68 bits per heavy atom. The van der Waals surface area contributed by atoms with Gasteiger partial charge in [-0.3, -0.25) is 10.1 Å². The molecule has 114 valence electrons. The van der Waals surface area contributed by atoms with Gasteiger partial charge in [0.1, 0.15) is 6.20 Å². The molecule has 2 aromatic rings. The summed E-state index contributed by atoms with van der Waals surface area (Å²) in [7, 11) is 0. The van der Waals surface area contributed by atoms with Crippen molar-refractivity contribution in [1.29, 1.82) is 0 Å². The van der Waals surface area contributed by atoms with Gasteiger partial charge in [0.2, 0.25) is 5.82 Å². The number of azide groups is 1. The van der Waals surface area contributed by atoms with E-state index in [0.29, 0.717) is 10.7 Å². The van der Waals surface area contributed by atoms with Crippen molar-refractivity contribution in [1.82, 2.24) is 9.78 Å². The molecule has 1 aromatic carbocycles. The summed E-state index contributed by atoms with van der Waals surface area (Å²) in [4.78, 5) is 12.3. The Balaban J connectivity index is 2.71. The Labute approximate surface area is 124 Å².